The fourth-order valence-corrected chi connectivity index (χ4v) is 5.54. The Kier molecular flexibility index (Phi) is 6.04. The summed E-state index contributed by atoms with van der Waals surface area (Å²) in [5.41, 5.74) is 2.76. The van der Waals surface area contributed by atoms with Crippen LogP contribution in [0.4, 0.5) is 5.82 Å². The van der Waals surface area contributed by atoms with Crippen LogP contribution >= 0.6 is 0 Å². The van der Waals surface area contributed by atoms with Crippen LogP contribution in [0.15, 0.2) is 24.3 Å². The lowest BCUT2D eigenvalue weighted by atomic mass is 10.0. The number of fused-ring (bicyclic) bond motifs is 1. The van der Waals surface area contributed by atoms with E-state index in [-0.39, 0.29) is 17.9 Å². The number of aryl methyl sites for hydroxylation is 1. The first-order valence-corrected chi connectivity index (χ1v) is 12.1. The Balaban J connectivity index is 1.39. The molecule has 2 aromatic rings. The maximum absolute atomic E-state index is 13.1. The van der Waals surface area contributed by atoms with Gasteiger partial charge in [0.15, 0.2) is 5.82 Å². The van der Waals surface area contributed by atoms with Gasteiger partial charge in [0.25, 0.3) is 0 Å². The summed E-state index contributed by atoms with van der Waals surface area (Å²) in [4.78, 5) is 39.4. The second-order valence-electron chi connectivity index (χ2n) is 9.57. The normalized spacial score (nSPS) is 20.5. The Morgan fingerprint density at radius 2 is 1.85 bits per heavy atom. The highest BCUT2D eigenvalue weighted by molar-refractivity contribution is 6.00. The van der Waals surface area contributed by atoms with Crippen molar-refractivity contribution in [2.75, 3.05) is 18.6 Å². The van der Waals surface area contributed by atoms with E-state index in [1.807, 2.05) is 36.1 Å². The number of rotatable bonds is 6. The van der Waals surface area contributed by atoms with Gasteiger partial charge in [0.05, 0.1) is 26.1 Å². The first kappa shape index (κ1) is 21.9. The van der Waals surface area contributed by atoms with Crippen LogP contribution in [0.2, 0.25) is 0 Å². The largest absolute Gasteiger partial charge is 0.497 e. The fourth-order valence-electron chi connectivity index (χ4n) is 5.54. The van der Waals surface area contributed by atoms with Gasteiger partial charge in [-0.25, -0.2) is 9.97 Å². The molecule has 174 valence electrons. The van der Waals surface area contributed by atoms with Crippen molar-refractivity contribution in [1.29, 1.82) is 0 Å². The van der Waals surface area contributed by atoms with E-state index in [2.05, 4.69) is 0 Å². The smallest absolute Gasteiger partial charge is 0.233 e. The van der Waals surface area contributed by atoms with Crippen LogP contribution < -0.4 is 9.64 Å². The number of benzene rings is 1. The molecule has 3 aliphatic rings. The van der Waals surface area contributed by atoms with Gasteiger partial charge in [-0.1, -0.05) is 25.0 Å². The van der Waals surface area contributed by atoms with Gasteiger partial charge >= 0.3 is 0 Å². The van der Waals surface area contributed by atoms with Crippen LogP contribution in [0.1, 0.15) is 73.6 Å². The topological polar surface area (TPSA) is 75.6 Å². The lowest BCUT2D eigenvalue weighted by Crippen LogP contribution is -2.33. The third-order valence-corrected chi connectivity index (χ3v) is 7.40. The molecule has 7 nitrogen and oxygen atoms in total. The van der Waals surface area contributed by atoms with Crippen LogP contribution in [0.3, 0.4) is 0 Å². The van der Waals surface area contributed by atoms with E-state index in [9.17, 15) is 9.59 Å². The first-order valence-electron chi connectivity index (χ1n) is 12.1. The number of carbonyl (C=O) groups excluding carboxylic acids is 2. The molecule has 1 saturated carbocycles. The van der Waals surface area contributed by atoms with Crippen molar-refractivity contribution in [2.45, 2.75) is 70.9 Å². The zero-order valence-electron chi connectivity index (χ0n) is 19.5. The van der Waals surface area contributed by atoms with Crippen molar-refractivity contribution in [3.05, 3.63) is 46.9 Å². The number of likely N-dealkylation sites (tertiary alicyclic amines) is 1. The molecular formula is C26H32N4O3. The van der Waals surface area contributed by atoms with Gasteiger partial charge in [-0.15, -0.1) is 0 Å². The van der Waals surface area contributed by atoms with Gasteiger partial charge < -0.3 is 9.64 Å². The van der Waals surface area contributed by atoms with Crippen LogP contribution in [-0.2, 0) is 22.6 Å². The minimum absolute atomic E-state index is 0.0379. The molecule has 1 aliphatic carbocycles. The average molecular weight is 449 g/mol. The van der Waals surface area contributed by atoms with Gasteiger partial charge in [-0.2, -0.15) is 0 Å². The van der Waals surface area contributed by atoms with E-state index < -0.39 is 0 Å². The van der Waals surface area contributed by atoms with Gasteiger partial charge in [0.2, 0.25) is 11.8 Å². The Bertz CT molecular complexity index is 1050. The molecule has 33 heavy (non-hydrogen) atoms. The molecular weight excluding hydrogens is 416 g/mol. The van der Waals surface area contributed by atoms with Crippen molar-refractivity contribution < 1.29 is 14.3 Å². The molecule has 3 heterocycles. The number of hydrogen-bond donors (Lipinski definition) is 0. The summed E-state index contributed by atoms with van der Waals surface area (Å²) in [6.45, 7) is 3.18. The van der Waals surface area contributed by atoms with E-state index in [0.29, 0.717) is 36.9 Å². The molecule has 2 aliphatic heterocycles. The summed E-state index contributed by atoms with van der Waals surface area (Å²) in [7, 11) is 1.64. The maximum Gasteiger partial charge on any atom is 0.233 e. The molecule has 0 N–H and O–H groups in total. The van der Waals surface area contributed by atoms with Crippen molar-refractivity contribution in [1.82, 2.24) is 14.9 Å². The second kappa shape index (κ2) is 9.12. The predicted octanol–water partition coefficient (Wildman–Crippen LogP) is 4.13. The standard InChI is InChI=1S/C26H32N4O3/c1-17-21-15-24(32)30(16-19-9-11-20(33-2)12-10-19)26(21)28-25(27-17)22-8-5-13-29(22)23(31)14-18-6-3-4-7-18/h9-12,18,22H,3-8,13-16H2,1-2H3/t22-/m1/s1. The summed E-state index contributed by atoms with van der Waals surface area (Å²) < 4.78 is 5.24. The lowest BCUT2D eigenvalue weighted by molar-refractivity contribution is -0.133. The van der Waals surface area contributed by atoms with Crippen molar-refractivity contribution in [3.8, 4) is 5.75 Å². The number of methoxy groups -OCH3 is 1. The van der Waals surface area contributed by atoms with Gasteiger partial charge in [0.1, 0.15) is 11.6 Å². The van der Waals surface area contributed by atoms with Crippen LogP contribution in [-0.4, -0.2) is 40.3 Å². The molecule has 1 aromatic heterocycles. The number of carbonyl (C=O) groups is 2. The Hall–Kier alpha value is -2.96. The summed E-state index contributed by atoms with van der Waals surface area (Å²) in [6.07, 6.45) is 7.63. The molecule has 0 bridgehead atoms. The first-order chi connectivity index (χ1) is 16.0. The highest BCUT2D eigenvalue weighted by Crippen LogP contribution is 2.37. The van der Waals surface area contributed by atoms with Crippen LogP contribution in [0.5, 0.6) is 5.75 Å². The molecule has 0 radical (unpaired) electrons. The molecule has 5 rings (SSSR count). The Morgan fingerprint density at radius 3 is 2.58 bits per heavy atom. The molecule has 2 amide bonds. The Morgan fingerprint density at radius 1 is 1.09 bits per heavy atom. The predicted molar refractivity (Wildman–Crippen MR) is 125 cm³/mol. The fraction of sp³-hybridized carbons (Fsp3) is 0.538. The Labute approximate surface area is 195 Å². The van der Waals surface area contributed by atoms with Gasteiger partial charge in [-0.3, -0.25) is 14.5 Å². The van der Waals surface area contributed by atoms with E-state index in [0.717, 1.165) is 42.0 Å². The lowest BCUT2D eigenvalue weighted by Gasteiger charge is -2.26. The molecule has 1 atom stereocenters. The number of aromatic nitrogens is 2. The number of anilines is 1. The number of ether oxygens (including phenoxy) is 1. The zero-order valence-corrected chi connectivity index (χ0v) is 19.5. The third kappa shape index (κ3) is 4.33. The zero-order chi connectivity index (χ0) is 22.9. The van der Waals surface area contributed by atoms with Crippen molar-refractivity contribution >= 4 is 17.6 Å². The van der Waals surface area contributed by atoms with E-state index >= 15 is 0 Å². The minimum atomic E-state index is -0.0959. The minimum Gasteiger partial charge on any atom is -0.497 e. The molecule has 0 unspecified atom stereocenters. The summed E-state index contributed by atoms with van der Waals surface area (Å²) in [5, 5.41) is 0. The number of nitrogens with zero attached hydrogens (tertiary/aromatic N) is 4. The van der Waals surface area contributed by atoms with Gasteiger partial charge in [-0.05, 0) is 56.2 Å². The quantitative estimate of drug-likeness (QED) is 0.664. The molecule has 1 saturated heterocycles. The summed E-state index contributed by atoms with van der Waals surface area (Å²) in [6, 6.07) is 7.65. The molecule has 1 aromatic carbocycles. The maximum atomic E-state index is 13.1. The van der Waals surface area contributed by atoms with Crippen molar-refractivity contribution in [3.63, 3.8) is 0 Å². The number of amides is 2. The monoisotopic (exact) mass is 448 g/mol. The van der Waals surface area contributed by atoms with Crippen molar-refractivity contribution in [2.24, 2.45) is 5.92 Å². The van der Waals surface area contributed by atoms with E-state index in [1.54, 1.807) is 12.0 Å². The molecule has 0 spiro atoms. The highest BCUT2D eigenvalue weighted by Gasteiger charge is 2.37. The van der Waals surface area contributed by atoms with E-state index in [4.69, 9.17) is 14.7 Å². The summed E-state index contributed by atoms with van der Waals surface area (Å²) in [5.74, 6) is 2.97. The third-order valence-electron chi connectivity index (χ3n) is 7.40. The van der Waals surface area contributed by atoms with Gasteiger partial charge in [0, 0.05) is 24.2 Å². The van der Waals surface area contributed by atoms with Crippen LogP contribution in [0, 0.1) is 12.8 Å². The summed E-state index contributed by atoms with van der Waals surface area (Å²) >= 11 is 0. The number of hydrogen-bond acceptors (Lipinski definition) is 5. The van der Waals surface area contributed by atoms with Crippen LogP contribution in [0.25, 0.3) is 0 Å². The second-order valence-corrected chi connectivity index (χ2v) is 9.57. The highest BCUT2D eigenvalue weighted by atomic mass is 16.5. The molecule has 2 fully saturated rings. The average Bonchev–Trinajstić information content (AvgIpc) is 3.56. The molecule has 7 heteroatoms. The SMILES string of the molecule is COc1ccc(CN2C(=O)Cc3c(C)nc([C@H]4CCCN4C(=O)CC4CCCC4)nc32)cc1. The van der Waals surface area contributed by atoms with E-state index in [1.165, 1.54) is 25.7 Å².